The molecule has 2 aromatic heterocycles. The topological polar surface area (TPSA) is 84.2 Å². The molecular weight excluding hydrogens is 399 g/mol. The number of carbonyl (C=O) groups is 1. The number of hydrogen-bond donors (Lipinski definition) is 2. The number of benzene rings is 2. The van der Waals surface area contributed by atoms with Crippen molar-refractivity contribution in [1.82, 2.24) is 25.1 Å². The molecule has 0 fully saturated rings. The fraction of sp³-hybridized carbons (Fsp3) is 0.0556. The Morgan fingerprint density at radius 1 is 1.18 bits per heavy atom. The molecular formula is C18H13FN6OS2. The van der Waals surface area contributed by atoms with E-state index in [1.54, 1.807) is 4.52 Å². The average Bonchev–Trinajstić information content (AvgIpc) is 3.24. The van der Waals surface area contributed by atoms with E-state index in [0.29, 0.717) is 16.5 Å². The molecule has 0 saturated heterocycles. The van der Waals surface area contributed by atoms with Crippen molar-refractivity contribution in [3.63, 3.8) is 0 Å². The highest BCUT2D eigenvalue weighted by Crippen LogP contribution is 2.27. The fourth-order valence-corrected chi connectivity index (χ4v) is 3.62. The summed E-state index contributed by atoms with van der Waals surface area (Å²) < 4.78 is 14.9. The highest BCUT2D eigenvalue weighted by molar-refractivity contribution is 7.80. The molecule has 0 bridgehead atoms. The predicted octanol–water partition coefficient (Wildman–Crippen LogP) is 3.43. The first-order valence-corrected chi connectivity index (χ1v) is 9.39. The summed E-state index contributed by atoms with van der Waals surface area (Å²) in [4.78, 5) is 12.9. The zero-order chi connectivity index (χ0) is 19.7. The summed E-state index contributed by atoms with van der Waals surface area (Å²) in [7, 11) is 0. The van der Waals surface area contributed by atoms with Gasteiger partial charge in [-0.3, -0.25) is 10.1 Å². The van der Waals surface area contributed by atoms with Crippen LogP contribution in [0.3, 0.4) is 0 Å². The predicted molar refractivity (Wildman–Crippen MR) is 109 cm³/mol. The van der Waals surface area contributed by atoms with Crippen molar-refractivity contribution in [2.24, 2.45) is 0 Å². The zero-order valence-electron chi connectivity index (χ0n) is 14.5. The maximum Gasteiger partial charge on any atom is 0.257 e. The SMILES string of the molecule is Cc1nnc2sc(-c3cccc(NC(=S)NC(=O)c4cccc(F)c4)c3)nn12. The van der Waals surface area contributed by atoms with E-state index in [-0.39, 0.29) is 10.7 Å². The maximum absolute atomic E-state index is 13.3. The highest BCUT2D eigenvalue weighted by atomic mass is 32.1. The van der Waals surface area contributed by atoms with Crippen molar-refractivity contribution in [3.05, 3.63) is 65.7 Å². The Morgan fingerprint density at radius 3 is 2.79 bits per heavy atom. The molecule has 2 aromatic carbocycles. The number of aromatic nitrogens is 4. The van der Waals surface area contributed by atoms with Gasteiger partial charge >= 0.3 is 0 Å². The molecule has 0 aliphatic rings. The number of rotatable bonds is 3. The molecule has 4 rings (SSSR count). The Morgan fingerprint density at radius 2 is 2.00 bits per heavy atom. The third-order valence-electron chi connectivity index (χ3n) is 3.83. The number of amides is 1. The number of hydrogen-bond acceptors (Lipinski definition) is 6. The third-order valence-corrected chi connectivity index (χ3v) is 4.98. The summed E-state index contributed by atoms with van der Waals surface area (Å²) in [5.74, 6) is -0.259. The lowest BCUT2D eigenvalue weighted by molar-refractivity contribution is 0.0977. The van der Waals surface area contributed by atoms with Gasteiger partial charge in [0.25, 0.3) is 5.91 Å². The molecule has 0 aliphatic heterocycles. The van der Waals surface area contributed by atoms with E-state index in [4.69, 9.17) is 12.2 Å². The van der Waals surface area contributed by atoms with E-state index in [1.165, 1.54) is 29.5 Å². The van der Waals surface area contributed by atoms with Crippen LogP contribution in [0.1, 0.15) is 16.2 Å². The molecule has 0 radical (unpaired) electrons. The lowest BCUT2D eigenvalue weighted by Crippen LogP contribution is -2.34. The highest BCUT2D eigenvalue weighted by Gasteiger charge is 2.12. The molecule has 2 N–H and O–H groups in total. The van der Waals surface area contributed by atoms with Gasteiger partial charge in [-0.25, -0.2) is 4.39 Å². The molecule has 0 aliphatic carbocycles. The van der Waals surface area contributed by atoms with Crippen molar-refractivity contribution in [2.75, 3.05) is 5.32 Å². The molecule has 2 heterocycles. The van der Waals surface area contributed by atoms with Crippen LogP contribution in [0.25, 0.3) is 15.5 Å². The molecule has 0 spiro atoms. The van der Waals surface area contributed by atoms with Gasteiger partial charge in [-0.1, -0.05) is 29.5 Å². The number of fused-ring (bicyclic) bond motifs is 1. The van der Waals surface area contributed by atoms with E-state index in [1.807, 2.05) is 31.2 Å². The number of halogens is 1. The van der Waals surface area contributed by atoms with Crippen LogP contribution in [0.4, 0.5) is 10.1 Å². The van der Waals surface area contributed by atoms with Crippen molar-refractivity contribution in [1.29, 1.82) is 0 Å². The van der Waals surface area contributed by atoms with Crippen LogP contribution in [0, 0.1) is 12.7 Å². The Bertz CT molecular complexity index is 1200. The number of thiocarbonyl (C=S) groups is 1. The average molecular weight is 412 g/mol. The van der Waals surface area contributed by atoms with Crippen LogP contribution in [-0.2, 0) is 0 Å². The van der Waals surface area contributed by atoms with Gasteiger partial charge in [-0.2, -0.15) is 9.61 Å². The van der Waals surface area contributed by atoms with Crippen LogP contribution in [-0.4, -0.2) is 30.8 Å². The zero-order valence-corrected chi connectivity index (χ0v) is 16.1. The van der Waals surface area contributed by atoms with Gasteiger partial charge in [-0.15, -0.1) is 10.2 Å². The number of carbonyl (C=O) groups excluding carboxylic acids is 1. The summed E-state index contributed by atoms with van der Waals surface area (Å²) in [6.07, 6.45) is 0. The van der Waals surface area contributed by atoms with Crippen LogP contribution in [0.5, 0.6) is 0 Å². The van der Waals surface area contributed by atoms with Crippen molar-refractivity contribution >= 4 is 45.2 Å². The number of nitrogens with one attached hydrogen (secondary N) is 2. The maximum atomic E-state index is 13.3. The minimum Gasteiger partial charge on any atom is -0.332 e. The van der Waals surface area contributed by atoms with Crippen LogP contribution >= 0.6 is 23.6 Å². The van der Waals surface area contributed by atoms with Gasteiger partial charge in [0.2, 0.25) is 4.96 Å². The standard InChI is InChI=1S/C18H13FN6OS2/c1-10-22-23-18-25(10)24-16(28-18)12-5-3-7-14(9-12)20-17(27)21-15(26)11-4-2-6-13(19)8-11/h2-9H,1H3,(H2,20,21,26,27). The van der Waals surface area contributed by atoms with Crippen LogP contribution in [0.2, 0.25) is 0 Å². The van der Waals surface area contributed by atoms with E-state index in [9.17, 15) is 9.18 Å². The second-order valence-corrected chi connectivity index (χ2v) is 7.21. The summed E-state index contributed by atoms with van der Waals surface area (Å²) >= 11 is 6.61. The third kappa shape index (κ3) is 3.73. The first kappa shape index (κ1) is 18.1. The van der Waals surface area contributed by atoms with Gasteiger partial charge in [0, 0.05) is 16.8 Å². The summed E-state index contributed by atoms with van der Waals surface area (Å²) in [5, 5.41) is 18.9. The van der Waals surface area contributed by atoms with Crippen molar-refractivity contribution in [2.45, 2.75) is 6.92 Å². The summed E-state index contributed by atoms with van der Waals surface area (Å²) in [6.45, 7) is 1.83. The van der Waals surface area contributed by atoms with Gasteiger partial charge in [0.1, 0.15) is 10.8 Å². The molecule has 28 heavy (non-hydrogen) atoms. The molecule has 1 amide bonds. The number of aryl methyl sites for hydroxylation is 1. The van der Waals surface area contributed by atoms with Gasteiger partial charge in [0.05, 0.1) is 0 Å². The lowest BCUT2D eigenvalue weighted by Gasteiger charge is -2.10. The molecule has 0 atom stereocenters. The Hall–Kier alpha value is -3.24. The largest absolute Gasteiger partial charge is 0.332 e. The first-order chi connectivity index (χ1) is 13.5. The van der Waals surface area contributed by atoms with Gasteiger partial charge in [-0.05, 0) is 49.5 Å². The minimum atomic E-state index is -0.489. The van der Waals surface area contributed by atoms with Gasteiger partial charge < -0.3 is 5.32 Å². The van der Waals surface area contributed by atoms with Crippen molar-refractivity contribution in [3.8, 4) is 10.6 Å². The van der Waals surface area contributed by atoms with Gasteiger partial charge in [0.15, 0.2) is 10.9 Å². The molecule has 7 nitrogen and oxygen atoms in total. The summed E-state index contributed by atoms with van der Waals surface area (Å²) in [5.41, 5.74) is 1.75. The molecule has 0 saturated carbocycles. The Balaban J connectivity index is 1.48. The normalized spacial score (nSPS) is 10.8. The fourth-order valence-electron chi connectivity index (χ4n) is 2.53. The Labute approximate surface area is 168 Å². The minimum absolute atomic E-state index is 0.111. The second-order valence-electron chi connectivity index (χ2n) is 5.85. The molecule has 140 valence electrons. The quantitative estimate of drug-likeness (QED) is 0.502. The smallest absolute Gasteiger partial charge is 0.257 e. The number of anilines is 1. The Kier molecular flexibility index (Phi) is 4.80. The molecule has 0 unspecified atom stereocenters. The van der Waals surface area contributed by atoms with Crippen LogP contribution < -0.4 is 10.6 Å². The molecule has 10 heteroatoms. The molecule has 4 aromatic rings. The van der Waals surface area contributed by atoms with Crippen LogP contribution in [0.15, 0.2) is 48.5 Å². The van der Waals surface area contributed by atoms with E-state index in [0.717, 1.165) is 16.6 Å². The lowest BCUT2D eigenvalue weighted by atomic mass is 10.2. The van der Waals surface area contributed by atoms with E-state index in [2.05, 4.69) is 25.9 Å². The second kappa shape index (κ2) is 7.41. The monoisotopic (exact) mass is 412 g/mol. The van der Waals surface area contributed by atoms with E-state index < -0.39 is 11.7 Å². The first-order valence-electron chi connectivity index (χ1n) is 8.17. The van der Waals surface area contributed by atoms with E-state index >= 15 is 0 Å². The number of nitrogens with zero attached hydrogens (tertiary/aromatic N) is 4. The summed E-state index contributed by atoms with van der Waals surface area (Å²) in [6, 6.07) is 12.8. The van der Waals surface area contributed by atoms with Crippen molar-refractivity contribution < 1.29 is 9.18 Å².